The lowest BCUT2D eigenvalue weighted by Crippen LogP contribution is -2.50. The van der Waals surface area contributed by atoms with E-state index in [1.165, 1.54) is 0 Å². The van der Waals surface area contributed by atoms with E-state index >= 15 is 0 Å². The van der Waals surface area contributed by atoms with E-state index in [4.69, 9.17) is 28.3 Å². The molecule has 1 unspecified atom stereocenters. The third-order valence-corrected chi connectivity index (χ3v) is 7.92. The highest BCUT2D eigenvalue weighted by atomic mass is 35.5. The first-order chi connectivity index (χ1) is 16.9. The van der Waals surface area contributed by atoms with Gasteiger partial charge in [-0.1, -0.05) is 30.1 Å². The summed E-state index contributed by atoms with van der Waals surface area (Å²) in [5, 5.41) is 9.67. The van der Waals surface area contributed by atoms with E-state index < -0.39 is 11.9 Å². The molecule has 1 atom stereocenters. The van der Waals surface area contributed by atoms with Gasteiger partial charge in [-0.3, -0.25) is 14.5 Å². The van der Waals surface area contributed by atoms with Crippen LogP contribution in [0.3, 0.4) is 0 Å². The molecule has 0 saturated carbocycles. The number of benzene rings is 1. The molecule has 2 aliphatic rings. The lowest BCUT2D eigenvalue weighted by molar-refractivity contribution is -0.138. The molecule has 1 saturated heterocycles. The summed E-state index contributed by atoms with van der Waals surface area (Å²) in [5.41, 5.74) is 3.66. The van der Waals surface area contributed by atoms with Gasteiger partial charge in [0.15, 0.2) is 0 Å². The summed E-state index contributed by atoms with van der Waals surface area (Å²) in [7, 11) is 1.83. The largest absolute Gasteiger partial charge is 0.480 e. The van der Waals surface area contributed by atoms with Gasteiger partial charge in [0.25, 0.3) is 11.8 Å². The van der Waals surface area contributed by atoms with Gasteiger partial charge in [0.05, 0.1) is 17.1 Å². The van der Waals surface area contributed by atoms with Gasteiger partial charge in [0.2, 0.25) is 0 Å². The Bertz CT molecular complexity index is 1230. The van der Waals surface area contributed by atoms with Gasteiger partial charge in [-0.2, -0.15) is 0 Å². The fraction of sp³-hybridized carbons (Fsp3) is 0.462. The number of nitrogens with zero attached hydrogens (tertiary/aromatic N) is 3. The third-order valence-electron chi connectivity index (χ3n) is 7.13. The average molecular weight is 540 g/mol. The number of halogens is 4. The minimum atomic E-state index is -2.88. The maximum absolute atomic E-state index is 14.0. The van der Waals surface area contributed by atoms with Crippen LogP contribution in [0.2, 0.25) is 10.0 Å². The fourth-order valence-electron chi connectivity index (χ4n) is 4.99. The summed E-state index contributed by atoms with van der Waals surface area (Å²) < 4.78 is 30.0. The molecule has 6 nitrogen and oxygen atoms in total. The van der Waals surface area contributed by atoms with E-state index in [1.54, 1.807) is 28.0 Å². The number of aromatic nitrogens is 1. The number of allylic oxidation sites excluding steroid dienone is 1. The molecule has 36 heavy (non-hydrogen) atoms. The second-order valence-electron chi connectivity index (χ2n) is 9.72. The number of amides is 1. The molecule has 1 aliphatic carbocycles. The van der Waals surface area contributed by atoms with Crippen LogP contribution in [-0.2, 0) is 18.3 Å². The predicted octanol–water partition coefficient (Wildman–Crippen LogP) is 5.31. The van der Waals surface area contributed by atoms with Gasteiger partial charge >= 0.3 is 5.97 Å². The van der Waals surface area contributed by atoms with Gasteiger partial charge in [-0.25, -0.2) is 8.78 Å². The van der Waals surface area contributed by atoms with Crippen molar-refractivity contribution < 1.29 is 23.5 Å². The molecule has 2 heterocycles. The van der Waals surface area contributed by atoms with Crippen LogP contribution in [0.4, 0.5) is 8.78 Å². The Morgan fingerprint density at radius 2 is 1.83 bits per heavy atom. The van der Waals surface area contributed by atoms with E-state index in [1.807, 2.05) is 24.6 Å². The first-order valence-corrected chi connectivity index (χ1v) is 12.6. The van der Waals surface area contributed by atoms with E-state index in [2.05, 4.69) is 0 Å². The number of carbonyl (C=O) groups excluding carboxylic acids is 1. The Labute approximate surface area is 219 Å². The maximum atomic E-state index is 14.0. The molecule has 0 radical (unpaired) electrons. The molecule has 0 spiro atoms. The van der Waals surface area contributed by atoms with Crippen molar-refractivity contribution in [1.82, 2.24) is 14.4 Å². The second-order valence-corrected chi connectivity index (χ2v) is 10.5. The van der Waals surface area contributed by atoms with Crippen LogP contribution in [0.15, 0.2) is 23.8 Å². The zero-order chi connectivity index (χ0) is 26.4. The Morgan fingerprint density at radius 1 is 1.17 bits per heavy atom. The Kier molecular flexibility index (Phi) is 7.51. The molecule has 4 rings (SSSR count). The fourth-order valence-corrected chi connectivity index (χ4v) is 5.57. The Hall–Kier alpha value is -2.42. The smallest absolute Gasteiger partial charge is 0.317 e. The number of carboxylic acid groups (broad SMARTS) is 1. The summed E-state index contributed by atoms with van der Waals surface area (Å²) in [6, 6.07) is 5.26. The number of rotatable bonds is 6. The van der Waals surface area contributed by atoms with Crippen LogP contribution in [0, 0.1) is 0 Å². The number of aliphatic carboxylic acids is 1. The van der Waals surface area contributed by atoms with Crippen LogP contribution < -0.4 is 0 Å². The molecular weight excluding hydrogens is 511 g/mol. The molecule has 1 fully saturated rings. The summed E-state index contributed by atoms with van der Waals surface area (Å²) >= 11 is 13.2. The molecule has 1 aromatic heterocycles. The zero-order valence-electron chi connectivity index (χ0n) is 20.5. The van der Waals surface area contributed by atoms with Crippen LogP contribution in [0.5, 0.6) is 0 Å². The average Bonchev–Trinajstić information content (AvgIpc) is 3.12. The number of hydrogen-bond acceptors (Lipinski definition) is 3. The van der Waals surface area contributed by atoms with Crippen molar-refractivity contribution in [3.63, 3.8) is 0 Å². The van der Waals surface area contributed by atoms with Gasteiger partial charge in [-0.15, -0.1) is 0 Å². The topological polar surface area (TPSA) is 65.8 Å². The molecular formula is C26H29Cl2F2N3O3. The van der Waals surface area contributed by atoms with Crippen LogP contribution >= 0.6 is 23.2 Å². The maximum Gasteiger partial charge on any atom is 0.317 e. The highest BCUT2D eigenvalue weighted by molar-refractivity contribution is 6.38. The van der Waals surface area contributed by atoms with Crippen molar-refractivity contribution in [3.05, 3.63) is 61.9 Å². The molecule has 194 valence electrons. The Morgan fingerprint density at radius 3 is 2.44 bits per heavy atom. The molecule has 1 N–H and O–H groups in total. The van der Waals surface area contributed by atoms with Crippen molar-refractivity contribution in [2.75, 3.05) is 32.7 Å². The summed E-state index contributed by atoms with van der Waals surface area (Å²) in [6.45, 7) is 4.55. The predicted molar refractivity (Wildman–Crippen MR) is 136 cm³/mol. The number of carbonyl (C=O) groups is 2. The summed E-state index contributed by atoms with van der Waals surface area (Å²) in [4.78, 5) is 27.6. The SMILES string of the molecule is CC1CC(C(C)(F)F)=Cc2c1cc(Cc1c(Cl)ccc(C(=O)N3CCN(CC(=O)O)CC3)c1Cl)n2C. The van der Waals surface area contributed by atoms with Gasteiger partial charge < -0.3 is 14.6 Å². The number of carboxylic acids is 1. The van der Waals surface area contributed by atoms with Gasteiger partial charge in [-0.05, 0) is 47.7 Å². The molecule has 2 aromatic rings. The number of hydrogen-bond donors (Lipinski definition) is 1. The van der Waals surface area contributed by atoms with E-state index in [0.717, 1.165) is 23.9 Å². The first kappa shape index (κ1) is 26.6. The van der Waals surface area contributed by atoms with E-state index in [9.17, 15) is 18.4 Å². The quantitative estimate of drug-likeness (QED) is 0.540. The molecule has 1 aromatic carbocycles. The normalized spacial score (nSPS) is 18.7. The standard InChI is InChI=1S/C26H29Cl2F2N3O3/c1-15-10-16(26(2,29)30)11-22-19(15)12-17(31(22)3)13-20-21(27)5-4-18(24(20)28)25(36)33-8-6-32(7-9-33)14-23(34)35/h4-5,11-12,15H,6-10,13-14H2,1-3H3,(H,34,35). The second kappa shape index (κ2) is 10.1. The van der Waals surface area contributed by atoms with E-state index in [-0.39, 0.29) is 29.0 Å². The monoisotopic (exact) mass is 539 g/mol. The molecule has 1 amide bonds. The number of alkyl halides is 2. The van der Waals surface area contributed by atoms with Crippen LogP contribution in [0.1, 0.15) is 59.1 Å². The molecule has 10 heteroatoms. The first-order valence-electron chi connectivity index (χ1n) is 11.8. The van der Waals surface area contributed by atoms with Crippen LogP contribution in [0.25, 0.3) is 6.08 Å². The van der Waals surface area contributed by atoms with Crippen molar-refractivity contribution in [3.8, 4) is 0 Å². The Balaban J connectivity index is 1.59. The van der Waals surface area contributed by atoms with Gasteiger partial charge in [0, 0.05) is 68.6 Å². The van der Waals surface area contributed by atoms with Crippen molar-refractivity contribution >= 4 is 41.2 Å². The van der Waals surface area contributed by atoms with E-state index in [0.29, 0.717) is 55.2 Å². The van der Waals surface area contributed by atoms with Crippen LogP contribution in [-0.4, -0.2) is 70.0 Å². The molecule has 1 aliphatic heterocycles. The van der Waals surface area contributed by atoms with Gasteiger partial charge in [0.1, 0.15) is 0 Å². The number of fused-ring (bicyclic) bond motifs is 1. The van der Waals surface area contributed by atoms with Crippen molar-refractivity contribution in [1.29, 1.82) is 0 Å². The zero-order valence-corrected chi connectivity index (χ0v) is 22.0. The van der Waals surface area contributed by atoms with Crippen molar-refractivity contribution in [2.24, 2.45) is 7.05 Å². The third kappa shape index (κ3) is 5.31. The summed E-state index contributed by atoms with van der Waals surface area (Å²) in [6.07, 6.45) is 2.21. The highest BCUT2D eigenvalue weighted by Crippen LogP contribution is 2.41. The highest BCUT2D eigenvalue weighted by Gasteiger charge is 2.34. The minimum Gasteiger partial charge on any atom is -0.480 e. The lowest BCUT2D eigenvalue weighted by atomic mass is 9.85. The molecule has 0 bridgehead atoms. The minimum absolute atomic E-state index is 0.0515. The lowest BCUT2D eigenvalue weighted by Gasteiger charge is -2.34. The number of piperazine rings is 1. The van der Waals surface area contributed by atoms with Crippen molar-refractivity contribution in [2.45, 2.75) is 38.5 Å². The summed E-state index contributed by atoms with van der Waals surface area (Å²) in [5.74, 6) is -4.06.